The third-order valence-corrected chi connectivity index (χ3v) is 4.66. The van der Waals surface area contributed by atoms with Crippen molar-refractivity contribution in [1.29, 1.82) is 0 Å². The van der Waals surface area contributed by atoms with Gasteiger partial charge in [0.25, 0.3) is 0 Å². The van der Waals surface area contributed by atoms with E-state index in [0.29, 0.717) is 5.56 Å². The quantitative estimate of drug-likeness (QED) is 0.862. The Labute approximate surface area is 101 Å². The first-order chi connectivity index (χ1) is 7.90. The lowest BCUT2D eigenvalue weighted by Crippen LogP contribution is -2.34. The predicted octanol–water partition coefficient (Wildman–Crippen LogP) is 1.11. The van der Waals surface area contributed by atoms with Crippen molar-refractivity contribution in [1.82, 2.24) is 4.31 Å². The van der Waals surface area contributed by atoms with E-state index in [1.165, 1.54) is 13.1 Å². The van der Waals surface area contributed by atoms with E-state index >= 15 is 0 Å². The second-order valence-electron chi connectivity index (χ2n) is 3.82. The highest BCUT2D eigenvalue weighted by Crippen LogP contribution is 2.23. The van der Waals surface area contributed by atoms with Crippen molar-refractivity contribution in [2.75, 3.05) is 19.3 Å². The second kappa shape index (κ2) is 5.57. The molecule has 0 saturated heterocycles. The Kier molecular flexibility index (Phi) is 4.62. The van der Waals surface area contributed by atoms with Gasteiger partial charge in [0, 0.05) is 25.2 Å². The van der Waals surface area contributed by atoms with Crippen molar-refractivity contribution >= 4 is 10.0 Å². The highest BCUT2D eigenvalue weighted by atomic mass is 32.2. The number of benzene rings is 1. The summed E-state index contributed by atoms with van der Waals surface area (Å²) < 4.78 is 38.2. The average Bonchev–Trinajstić information content (AvgIpc) is 2.27. The molecule has 0 bridgehead atoms. The van der Waals surface area contributed by atoms with Crippen LogP contribution in [0.25, 0.3) is 0 Å². The lowest BCUT2D eigenvalue weighted by atomic mass is 10.1. The van der Waals surface area contributed by atoms with Crippen molar-refractivity contribution in [2.24, 2.45) is 5.73 Å². The van der Waals surface area contributed by atoms with Crippen LogP contribution in [-0.4, -0.2) is 32.1 Å². The van der Waals surface area contributed by atoms with Crippen LogP contribution in [0.4, 0.5) is 4.39 Å². The number of hydrogen-bond donors (Lipinski definition) is 1. The predicted molar refractivity (Wildman–Crippen MR) is 65.4 cm³/mol. The van der Waals surface area contributed by atoms with Crippen LogP contribution >= 0.6 is 0 Å². The molecule has 0 spiro atoms. The van der Waals surface area contributed by atoms with Crippen LogP contribution in [0.2, 0.25) is 0 Å². The Morgan fingerprint density at radius 1 is 1.41 bits per heavy atom. The third kappa shape index (κ3) is 3.24. The maximum Gasteiger partial charge on any atom is 0.215 e. The third-order valence-electron chi connectivity index (χ3n) is 2.72. The molecule has 1 aromatic carbocycles. The molecule has 0 radical (unpaired) electrons. The summed E-state index contributed by atoms with van der Waals surface area (Å²) in [5.74, 6) is -0.544. The molecule has 1 unspecified atom stereocenters. The molecule has 1 atom stereocenters. The molecule has 6 heteroatoms. The minimum absolute atomic E-state index is 0.0522. The molecule has 17 heavy (non-hydrogen) atoms. The molecule has 0 fully saturated rings. The van der Waals surface area contributed by atoms with Crippen LogP contribution in [0.15, 0.2) is 24.3 Å². The van der Waals surface area contributed by atoms with Crippen molar-refractivity contribution in [3.8, 4) is 0 Å². The summed E-state index contributed by atoms with van der Waals surface area (Å²) in [6, 6.07) is 5.59. The fourth-order valence-electron chi connectivity index (χ4n) is 1.54. The van der Waals surface area contributed by atoms with Gasteiger partial charge in [-0.2, -0.15) is 4.31 Å². The molecule has 0 heterocycles. The summed E-state index contributed by atoms with van der Waals surface area (Å²) >= 11 is 0. The SMILES string of the molecule is CC(c1ccccc1F)N(C)S(=O)(=O)CCN. The summed E-state index contributed by atoms with van der Waals surface area (Å²) in [5.41, 5.74) is 5.60. The van der Waals surface area contributed by atoms with E-state index in [9.17, 15) is 12.8 Å². The number of nitrogens with zero attached hydrogens (tertiary/aromatic N) is 1. The number of nitrogens with two attached hydrogens (primary N) is 1. The monoisotopic (exact) mass is 260 g/mol. The zero-order valence-electron chi connectivity index (χ0n) is 9.93. The molecule has 0 aliphatic rings. The highest BCUT2D eigenvalue weighted by molar-refractivity contribution is 7.89. The zero-order chi connectivity index (χ0) is 13.1. The summed E-state index contributed by atoms with van der Waals surface area (Å²) in [6.07, 6.45) is 0. The van der Waals surface area contributed by atoms with E-state index in [1.54, 1.807) is 25.1 Å². The largest absolute Gasteiger partial charge is 0.329 e. The fourth-order valence-corrected chi connectivity index (χ4v) is 2.72. The molecule has 0 amide bonds. The van der Waals surface area contributed by atoms with E-state index in [2.05, 4.69) is 0 Å². The van der Waals surface area contributed by atoms with Gasteiger partial charge in [-0.05, 0) is 13.0 Å². The lowest BCUT2D eigenvalue weighted by molar-refractivity contribution is 0.388. The number of sulfonamides is 1. The van der Waals surface area contributed by atoms with Gasteiger partial charge in [0.2, 0.25) is 10.0 Å². The van der Waals surface area contributed by atoms with Gasteiger partial charge in [-0.3, -0.25) is 0 Å². The molecule has 1 rings (SSSR count). The standard InChI is InChI=1S/C11H17FN2O2S/c1-9(10-5-3-4-6-11(10)12)14(2)17(15,16)8-7-13/h3-6,9H,7-8,13H2,1-2H3. The molecular weight excluding hydrogens is 243 g/mol. The zero-order valence-corrected chi connectivity index (χ0v) is 10.7. The van der Waals surface area contributed by atoms with E-state index in [4.69, 9.17) is 5.73 Å². The van der Waals surface area contributed by atoms with Crippen molar-refractivity contribution in [3.05, 3.63) is 35.6 Å². The van der Waals surface area contributed by atoms with Crippen LogP contribution in [0.3, 0.4) is 0 Å². The van der Waals surface area contributed by atoms with Crippen molar-refractivity contribution in [2.45, 2.75) is 13.0 Å². The minimum atomic E-state index is -3.43. The first-order valence-corrected chi connectivity index (χ1v) is 6.91. The van der Waals surface area contributed by atoms with Crippen LogP contribution in [-0.2, 0) is 10.0 Å². The van der Waals surface area contributed by atoms with Crippen molar-refractivity contribution in [3.63, 3.8) is 0 Å². The Bertz CT molecular complexity index is 476. The minimum Gasteiger partial charge on any atom is -0.329 e. The highest BCUT2D eigenvalue weighted by Gasteiger charge is 2.25. The smallest absolute Gasteiger partial charge is 0.215 e. The molecule has 0 aliphatic heterocycles. The maximum atomic E-state index is 13.5. The van der Waals surface area contributed by atoms with Crippen LogP contribution < -0.4 is 5.73 Å². The molecular formula is C11H17FN2O2S. The van der Waals surface area contributed by atoms with Gasteiger partial charge in [-0.15, -0.1) is 0 Å². The van der Waals surface area contributed by atoms with Gasteiger partial charge in [-0.1, -0.05) is 18.2 Å². The van der Waals surface area contributed by atoms with Gasteiger partial charge in [0.1, 0.15) is 5.82 Å². The van der Waals surface area contributed by atoms with Gasteiger partial charge < -0.3 is 5.73 Å². The molecule has 0 saturated carbocycles. The summed E-state index contributed by atoms with van der Waals surface area (Å²) in [5, 5.41) is 0. The molecule has 1 aromatic rings. The van der Waals surface area contributed by atoms with E-state index in [-0.39, 0.29) is 12.3 Å². The van der Waals surface area contributed by atoms with Gasteiger partial charge in [0.05, 0.1) is 5.75 Å². The number of hydrogen-bond acceptors (Lipinski definition) is 3. The van der Waals surface area contributed by atoms with E-state index in [0.717, 1.165) is 4.31 Å². The first kappa shape index (κ1) is 14.1. The van der Waals surface area contributed by atoms with E-state index in [1.807, 2.05) is 0 Å². The molecule has 2 N–H and O–H groups in total. The average molecular weight is 260 g/mol. The summed E-state index contributed by atoms with van der Waals surface area (Å²) in [6.45, 7) is 1.70. The van der Waals surface area contributed by atoms with Crippen LogP contribution in [0, 0.1) is 5.82 Å². The first-order valence-electron chi connectivity index (χ1n) is 5.30. The molecule has 96 valence electrons. The maximum absolute atomic E-state index is 13.5. The Hall–Kier alpha value is -0.980. The Morgan fingerprint density at radius 3 is 2.53 bits per heavy atom. The summed E-state index contributed by atoms with van der Waals surface area (Å²) in [4.78, 5) is 0. The van der Waals surface area contributed by atoms with Crippen LogP contribution in [0.5, 0.6) is 0 Å². The Balaban J connectivity index is 2.99. The van der Waals surface area contributed by atoms with Crippen molar-refractivity contribution < 1.29 is 12.8 Å². The fraction of sp³-hybridized carbons (Fsp3) is 0.455. The Morgan fingerprint density at radius 2 is 2.00 bits per heavy atom. The lowest BCUT2D eigenvalue weighted by Gasteiger charge is -2.24. The van der Waals surface area contributed by atoms with Gasteiger partial charge >= 0.3 is 0 Å². The second-order valence-corrected chi connectivity index (χ2v) is 5.97. The van der Waals surface area contributed by atoms with E-state index < -0.39 is 21.9 Å². The summed E-state index contributed by atoms with van der Waals surface area (Å²) in [7, 11) is -2.00. The number of halogens is 1. The molecule has 4 nitrogen and oxygen atoms in total. The van der Waals surface area contributed by atoms with Crippen LogP contribution in [0.1, 0.15) is 18.5 Å². The number of rotatable bonds is 5. The molecule has 0 aliphatic carbocycles. The molecule has 0 aromatic heterocycles. The normalized spacial score (nSPS) is 13.9. The topological polar surface area (TPSA) is 63.4 Å². The van der Waals surface area contributed by atoms with Gasteiger partial charge in [0.15, 0.2) is 0 Å². The van der Waals surface area contributed by atoms with Gasteiger partial charge in [-0.25, -0.2) is 12.8 Å².